The zero-order valence-electron chi connectivity index (χ0n) is 10.6. The van der Waals surface area contributed by atoms with Gasteiger partial charge in [0.25, 0.3) is 5.56 Å². The number of hydrogen-bond acceptors (Lipinski definition) is 5. The van der Waals surface area contributed by atoms with E-state index in [9.17, 15) is 19.1 Å². The molecular weight excluding hydrogens is 271 g/mol. The van der Waals surface area contributed by atoms with Crippen LogP contribution < -0.4 is 20.7 Å². The van der Waals surface area contributed by atoms with E-state index in [1.54, 1.807) is 4.98 Å². The zero-order chi connectivity index (χ0) is 14.9. The monoisotopic (exact) mass is 282 g/mol. The lowest BCUT2D eigenvalue weighted by Crippen LogP contribution is -2.30. The molecule has 0 spiro atoms. The van der Waals surface area contributed by atoms with Gasteiger partial charge in [-0.1, -0.05) is 0 Å². The summed E-state index contributed by atoms with van der Waals surface area (Å²) in [6.45, 7) is 0. The number of halogens is 1. The summed E-state index contributed by atoms with van der Waals surface area (Å²) in [4.78, 5) is 24.5. The molecule has 0 saturated heterocycles. The second-order valence-electron chi connectivity index (χ2n) is 3.77. The van der Waals surface area contributed by atoms with Gasteiger partial charge in [-0.05, 0) is 12.1 Å². The minimum atomic E-state index is -1.45. The van der Waals surface area contributed by atoms with Gasteiger partial charge in [-0.25, -0.2) is 9.36 Å². The molecule has 20 heavy (non-hydrogen) atoms. The minimum absolute atomic E-state index is 0.111. The molecule has 106 valence electrons. The smallest absolute Gasteiger partial charge is 0.335 e. The second kappa shape index (κ2) is 5.08. The molecule has 1 aromatic carbocycles. The van der Waals surface area contributed by atoms with Gasteiger partial charge in [0.2, 0.25) is 11.7 Å². The number of methoxy groups -OCH3 is 2. The standard InChI is InChI=1S/C12H11FN2O5/c1-19-7-4-3-6(5-8(7)20-2)15-11(17)9(13)10(16)14-12(15)18/h3-5,17H,1-2H3,(H,14,16,18). The maximum atomic E-state index is 13.4. The highest BCUT2D eigenvalue weighted by atomic mass is 19.1. The molecular formula is C12H11FN2O5. The number of hydrogen-bond donors (Lipinski definition) is 2. The number of ether oxygens (including phenoxy) is 2. The number of benzene rings is 1. The first-order valence-corrected chi connectivity index (χ1v) is 5.45. The molecule has 2 N–H and O–H groups in total. The predicted octanol–water partition coefficient (Wildman–Crippen LogP) is 0.388. The van der Waals surface area contributed by atoms with Crippen molar-refractivity contribution in [2.24, 2.45) is 0 Å². The molecule has 8 heteroatoms. The van der Waals surface area contributed by atoms with Gasteiger partial charge in [0, 0.05) is 6.07 Å². The third-order valence-electron chi connectivity index (χ3n) is 2.66. The third kappa shape index (κ3) is 2.11. The molecule has 0 saturated carbocycles. The van der Waals surface area contributed by atoms with Gasteiger partial charge in [0.05, 0.1) is 19.9 Å². The van der Waals surface area contributed by atoms with Crippen LogP contribution >= 0.6 is 0 Å². The van der Waals surface area contributed by atoms with Crippen molar-refractivity contribution in [3.05, 3.63) is 44.9 Å². The van der Waals surface area contributed by atoms with Crippen molar-refractivity contribution in [3.63, 3.8) is 0 Å². The predicted molar refractivity (Wildman–Crippen MR) is 67.4 cm³/mol. The first-order chi connectivity index (χ1) is 9.49. The van der Waals surface area contributed by atoms with Crippen molar-refractivity contribution >= 4 is 0 Å². The van der Waals surface area contributed by atoms with Gasteiger partial charge in [0.1, 0.15) is 0 Å². The Morgan fingerprint density at radius 2 is 1.85 bits per heavy atom. The van der Waals surface area contributed by atoms with Crippen LogP contribution in [0.1, 0.15) is 0 Å². The van der Waals surface area contributed by atoms with Crippen LogP contribution in [0.25, 0.3) is 5.69 Å². The van der Waals surface area contributed by atoms with Gasteiger partial charge in [-0.3, -0.25) is 9.78 Å². The number of aromatic nitrogens is 2. The van der Waals surface area contributed by atoms with Gasteiger partial charge in [-0.2, -0.15) is 4.39 Å². The lowest BCUT2D eigenvalue weighted by molar-refractivity contribution is 0.354. The Bertz CT molecular complexity index is 765. The van der Waals surface area contributed by atoms with E-state index >= 15 is 0 Å². The Morgan fingerprint density at radius 1 is 1.20 bits per heavy atom. The van der Waals surface area contributed by atoms with E-state index in [1.807, 2.05) is 0 Å². The van der Waals surface area contributed by atoms with E-state index in [1.165, 1.54) is 32.4 Å². The van der Waals surface area contributed by atoms with Gasteiger partial charge in [0.15, 0.2) is 11.5 Å². The molecule has 0 fully saturated rings. The van der Waals surface area contributed by atoms with Crippen LogP contribution in [0.15, 0.2) is 27.8 Å². The fourth-order valence-corrected chi connectivity index (χ4v) is 1.71. The summed E-state index contributed by atoms with van der Waals surface area (Å²) in [5, 5.41) is 9.60. The Kier molecular flexibility index (Phi) is 3.47. The average Bonchev–Trinajstić information content (AvgIpc) is 2.44. The van der Waals surface area contributed by atoms with Crippen LogP contribution in [-0.2, 0) is 0 Å². The summed E-state index contributed by atoms with van der Waals surface area (Å²) in [7, 11) is 2.82. The van der Waals surface area contributed by atoms with Crippen LogP contribution in [0.2, 0.25) is 0 Å². The highest BCUT2D eigenvalue weighted by molar-refractivity contribution is 5.49. The van der Waals surface area contributed by atoms with Crippen molar-refractivity contribution in [1.82, 2.24) is 9.55 Å². The molecule has 0 radical (unpaired) electrons. The third-order valence-corrected chi connectivity index (χ3v) is 2.66. The second-order valence-corrected chi connectivity index (χ2v) is 3.77. The van der Waals surface area contributed by atoms with E-state index in [4.69, 9.17) is 9.47 Å². The van der Waals surface area contributed by atoms with Gasteiger partial charge >= 0.3 is 5.69 Å². The maximum Gasteiger partial charge on any atom is 0.335 e. The Morgan fingerprint density at radius 3 is 2.45 bits per heavy atom. The summed E-state index contributed by atoms with van der Waals surface area (Å²) < 4.78 is 24.1. The molecule has 0 aliphatic heterocycles. The van der Waals surface area contributed by atoms with Crippen molar-refractivity contribution in [2.45, 2.75) is 0 Å². The minimum Gasteiger partial charge on any atom is -0.493 e. The Hall–Kier alpha value is -2.77. The molecule has 7 nitrogen and oxygen atoms in total. The first kappa shape index (κ1) is 13.7. The van der Waals surface area contributed by atoms with Gasteiger partial charge < -0.3 is 14.6 Å². The van der Waals surface area contributed by atoms with E-state index in [-0.39, 0.29) is 11.4 Å². The topological polar surface area (TPSA) is 93.5 Å². The first-order valence-electron chi connectivity index (χ1n) is 5.45. The molecule has 0 atom stereocenters. The number of nitrogens with one attached hydrogen (secondary N) is 1. The molecule has 1 heterocycles. The molecule has 2 rings (SSSR count). The quantitative estimate of drug-likeness (QED) is 0.849. The average molecular weight is 282 g/mol. The summed E-state index contributed by atoms with van der Waals surface area (Å²) >= 11 is 0. The Balaban J connectivity index is 2.72. The summed E-state index contributed by atoms with van der Waals surface area (Å²) in [5.74, 6) is -1.85. The van der Waals surface area contributed by atoms with E-state index in [0.29, 0.717) is 10.3 Å². The summed E-state index contributed by atoms with van der Waals surface area (Å²) in [6, 6.07) is 4.24. The van der Waals surface area contributed by atoms with Gasteiger partial charge in [-0.15, -0.1) is 0 Å². The largest absolute Gasteiger partial charge is 0.493 e. The molecule has 1 aromatic heterocycles. The van der Waals surface area contributed by atoms with E-state index in [2.05, 4.69) is 0 Å². The number of nitrogens with zero attached hydrogens (tertiary/aromatic N) is 1. The SMILES string of the molecule is COc1ccc(-n2c(O)c(F)c(=O)[nH]c2=O)cc1OC. The molecule has 0 aliphatic carbocycles. The number of aromatic amines is 1. The van der Waals surface area contributed by atoms with E-state index < -0.39 is 22.9 Å². The maximum absolute atomic E-state index is 13.4. The van der Waals surface area contributed by atoms with Crippen molar-refractivity contribution in [2.75, 3.05) is 14.2 Å². The van der Waals surface area contributed by atoms with Crippen LogP contribution in [0.4, 0.5) is 4.39 Å². The molecule has 2 aromatic rings. The van der Waals surface area contributed by atoms with Crippen molar-refractivity contribution in [1.29, 1.82) is 0 Å². The molecule has 0 unspecified atom stereocenters. The van der Waals surface area contributed by atoms with Crippen LogP contribution in [-0.4, -0.2) is 28.9 Å². The normalized spacial score (nSPS) is 10.3. The van der Waals surface area contributed by atoms with E-state index in [0.717, 1.165) is 0 Å². The van der Waals surface area contributed by atoms with Crippen molar-refractivity contribution in [3.8, 4) is 23.1 Å². The van der Waals surface area contributed by atoms with Crippen LogP contribution in [0.3, 0.4) is 0 Å². The molecule has 0 bridgehead atoms. The highest BCUT2D eigenvalue weighted by Gasteiger charge is 2.16. The number of rotatable bonds is 3. The number of aromatic hydroxyl groups is 1. The highest BCUT2D eigenvalue weighted by Crippen LogP contribution is 2.29. The fourth-order valence-electron chi connectivity index (χ4n) is 1.71. The lowest BCUT2D eigenvalue weighted by atomic mass is 10.2. The van der Waals surface area contributed by atoms with Crippen molar-refractivity contribution < 1.29 is 19.0 Å². The van der Waals surface area contributed by atoms with Crippen LogP contribution in [0, 0.1) is 5.82 Å². The number of H-pyrrole nitrogens is 1. The summed E-state index contributed by atoms with van der Waals surface area (Å²) in [5.41, 5.74) is -2.15. The Labute approximate surface area is 111 Å². The molecule has 0 aliphatic rings. The molecule has 0 amide bonds. The zero-order valence-corrected chi connectivity index (χ0v) is 10.6. The summed E-state index contributed by atoms with van der Waals surface area (Å²) in [6.07, 6.45) is 0. The lowest BCUT2D eigenvalue weighted by Gasteiger charge is -2.12. The fraction of sp³-hybridized carbons (Fsp3) is 0.167. The van der Waals surface area contributed by atoms with Crippen LogP contribution in [0.5, 0.6) is 17.4 Å².